The molecule has 1 saturated carbocycles. The Balaban J connectivity index is 1.77. The summed E-state index contributed by atoms with van der Waals surface area (Å²) >= 11 is 6.71. The molecule has 2 aromatic rings. The molecular weight excluding hydrogens is 496 g/mol. The Kier molecular flexibility index (Phi) is 6.50. The molecule has 0 aliphatic heterocycles. The van der Waals surface area contributed by atoms with Gasteiger partial charge in [0.25, 0.3) is 0 Å². The molecule has 0 radical (unpaired) electrons. The van der Waals surface area contributed by atoms with E-state index in [9.17, 15) is 10.1 Å². The highest BCUT2D eigenvalue weighted by atomic mass is 79.9. The molecule has 0 amide bonds. The van der Waals surface area contributed by atoms with Gasteiger partial charge in [0, 0.05) is 24.0 Å². The first-order chi connectivity index (χ1) is 13.8. The number of carbonyl (C=O) groups is 1. The molecule has 0 spiro atoms. The van der Waals surface area contributed by atoms with Crippen LogP contribution in [0.4, 0.5) is 11.4 Å². The number of esters is 1. The fraction of sp³-hybridized carbons (Fsp3) is 0.304. The van der Waals surface area contributed by atoms with E-state index in [1.165, 1.54) is 0 Å². The molecule has 3 rings (SSSR count). The van der Waals surface area contributed by atoms with Gasteiger partial charge in [-0.15, -0.1) is 0 Å². The van der Waals surface area contributed by atoms with Crippen LogP contribution in [-0.4, -0.2) is 13.0 Å². The molecule has 3 unspecified atom stereocenters. The van der Waals surface area contributed by atoms with Gasteiger partial charge >= 0.3 is 5.97 Å². The summed E-state index contributed by atoms with van der Waals surface area (Å²) in [5.41, 5.74) is 2.41. The second kappa shape index (κ2) is 8.73. The molecule has 2 aromatic carbocycles. The van der Waals surface area contributed by atoms with Crippen molar-refractivity contribution >= 4 is 49.2 Å². The van der Waals surface area contributed by atoms with Crippen LogP contribution in [0.5, 0.6) is 0 Å². The van der Waals surface area contributed by atoms with Crippen LogP contribution in [0.1, 0.15) is 25.5 Å². The summed E-state index contributed by atoms with van der Waals surface area (Å²) < 4.78 is 6.43. The van der Waals surface area contributed by atoms with Gasteiger partial charge in [0.05, 0.1) is 9.31 Å². The Morgan fingerprint density at radius 1 is 1.17 bits per heavy atom. The Labute approximate surface area is 188 Å². The summed E-state index contributed by atoms with van der Waals surface area (Å²) in [7, 11) is 1.96. The third kappa shape index (κ3) is 4.73. The van der Waals surface area contributed by atoms with Crippen molar-refractivity contribution in [3.05, 3.63) is 69.6 Å². The lowest BCUT2D eigenvalue weighted by molar-refractivity contribution is -0.149. The smallest absolute Gasteiger partial charge is 0.311 e. The molecule has 150 valence electrons. The number of benzene rings is 2. The third-order valence-corrected chi connectivity index (χ3v) is 6.05. The first-order valence-corrected chi connectivity index (χ1v) is 10.9. The van der Waals surface area contributed by atoms with Crippen molar-refractivity contribution < 1.29 is 9.53 Å². The van der Waals surface area contributed by atoms with Crippen LogP contribution >= 0.6 is 31.9 Å². The number of allylic oxidation sites excluding steroid dienone is 1. The quantitative estimate of drug-likeness (QED) is 0.412. The second-order valence-electron chi connectivity index (χ2n) is 7.72. The van der Waals surface area contributed by atoms with Gasteiger partial charge in [-0.1, -0.05) is 50.3 Å². The lowest BCUT2D eigenvalue weighted by atomic mass is 10.1. The largest absolute Gasteiger partial charge is 0.442 e. The van der Waals surface area contributed by atoms with E-state index in [-0.39, 0.29) is 23.2 Å². The van der Waals surface area contributed by atoms with Crippen molar-refractivity contribution in [3.63, 3.8) is 0 Å². The molecule has 0 heterocycles. The van der Waals surface area contributed by atoms with Gasteiger partial charge < -0.3 is 9.64 Å². The molecule has 1 fully saturated rings. The number of para-hydroxylation sites is 1. The number of hydrogen-bond acceptors (Lipinski definition) is 4. The average molecular weight is 518 g/mol. The second-order valence-corrected chi connectivity index (χ2v) is 10.5. The van der Waals surface area contributed by atoms with E-state index in [4.69, 9.17) is 4.74 Å². The molecule has 1 aliphatic rings. The lowest BCUT2D eigenvalue weighted by Gasteiger charge is -2.21. The van der Waals surface area contributed by atoms with Crippen molar-refractivity contribution in [3.8, 4) is 6.07 Å². The molecule has 6 heteroatoms. The van der Waals surface area contributed by atoms with Crippen LogP contribution in [0.2, 0.25) is 0 Å². The van der Waals surface area contributed by atoms with Crippen LogP contribution < -0.4 is 4.90 Å². The molecule has 0 N–H and O–H groups in total. The fourth-order valence-electron chi connectivity index (χ4n) is 3.63. The van der Waals surface area contributed by atoms with E-state index in [2.05, 4.69) is 37.9 Å². The number of carbonyl (C=O) groups excluding carboxylic acids is 1. The molecule has 0 bridgehead atoms. The molecule has 3 atom stereocenters. The maximum absolute atomic E-state index is 12.8. The number of hydrogen-bond donors (Lipinski definition) is 0. The minimum Gasteiger partial charge on any atom is -0.442 e. The van der Waals surface area contributed by atoms with E-state index in [1.54, 1.807) is 0 Å². The van der Waals surface area contributed by atoms with Crippen LogP contribution in [0.15, 0.2) is 64.1 Å². The zero-order valence-electron chi connectivity index (χ0n) is 16.5. The first kappa shape index (κ1) is 21.6. The number of ether oxygens (including phenoxy) is 1. The van der Waals surface area contributed by atoms with E-state index in [0.29, 0.717) is 5.56 Å². The molecule has 4 nitrogen and oxygen atoms in total. The maximum atomic E-state index is 12.8. The highest BCUT2D eigenvalue weighted by Crippen LogP contribution is 2.60. The molecule has 29 heavy (non-hydrogen) atoms. The highest BCUT2D eigenvalue weighted by molar-refractivity contribution is 9.28. The summed E-state index contributed by atoms with van der Waals surface area (Å²) in [6.07, 6.45) is 1.02. The number of nitrogens with zero attached hydrogens (tertiary/aromatic N) is 2. The van der Waals surface area contributed by atoms with E-state index < -0.39 is 6.10 Å². The Hall–Kier alpha value is -2.10. The Morgan fingerprint density at radius 3 is 2.45 bits per heavy atom. The molecule has 1 aliphatic carbocycles. The Morgan fingerprint density at radius 2 is 1.83 bits per heavy atom. The van der Waals surface area contributed by atoms with Crippen molar-refractivity contribution in [2.45, 2.75) is 20.0 Å². The number of anilines is 2. The van der Waals surface area contributed by atoms with E-state index in [0.717, 1.165) is 14.8 Å². The van der Waals surface area contributed by atoms with Crippen molar-refractivity contribution in [1.29, 1.82) is 5.26 Å². The minimum absolute atomic E-state index is 0.0682. The van der Waals surface area contributed by atoms with Crippen LogP contribution in [-0.2, 0) is 9.53 Å². The van der Waals surface area contributed by atoms with E-state index in [1.807, 2.05) is 86.5 Å². The molecule has 0 aromatic heterocycles. The normalized spacial score (nSPS) is 20.1. The molecular formula is C23H22Br2N2O2. The van der Waals surface area contributed by atoms with Crippen molar-refractivity contribution in [2.24, 2.45) is 17.3 Å². The zero-order chi connectivity index (χ0) is 21.2. The van der Waals surface area contributed by atoms with Crippen LogP contribution in [0, 0.1) is 28.6 Å². The zero-order valence-corrected chi connectivity index (χ0v) is 19.6. The highest BCUT2D eigenvalue weighted by Gasteiger charge is 2.61. The lowest BCUT2D eigenvalue weighted by Crippen LogP contribution is -2.15. The average Bonchev–Trinajstić information content (AvgIpc) is 3.25. The third-order valence-electron chi connectivity index (χ3n) is 5.53. The topological polar surface area (TPSA) is 53.3 Å². The Bertz CT molecular complexity index is 962. The summed E-state index contributed by atoms with van der Waals surface area (Å²) in [5.74, 6) is -0.539. The fourth-order valence-corrected chi connectivity index (χ4v) is 4.20. The van der Waals surface area contributed by atoms with Gasteiger partial charge in [0.2, 0.25) is 6.10 Å². The summed E-state index contributed by atoms with van der Waals surface area (Å²) in [4.78, 5) is 14.8. The minimum atomic E-state index is -0.944. The summed E-state index contributed by atoms with van der Waals surface area (Å²) in [5, 5.41) is 9.65. The van der Waals surface area contributed by atoms with Crippen LogP contribution in [0.3, 0.4) is 0 Å². The summed E-state index contributed by atoms with van der Waals surface area (Å²) in [6, 6.07) is 19.6. The van der Waals surface area contributed by atoms with Crippen molar-refractivity contribution in [1.82, 2.24) is 0 Å². The first-order valence-electron chi connectivity index (χ1n) is 9.27. The number of rotatable bonds is 6. The predicted molar refractivity (Wildman–Crippen MR) is 122 cm³/mol. The standard InChI is InChI=1S/C23H22Br2N2O2/c1-23(2)18(13-20(24)25)21(23)22(28)29-19(14-26)15-8-7-11-17(12-15)27(3)16-9-5-4-6-10-16/h4-13,18-19,21H,1-3H3. The summed E-state index contributed by atoms with van der Waals surface area (Å²) in [6.45, 7) is 4.06. The number of halogens is 2. The molecule has 0 saturated heterocycles. The monoisotopic (exact) mass is 516 g/mol. The van der Waals surface area contributed by atoms with Gasteiger partial charge in [-0.3, -0.25) is 4.79 Å². The van der Waals surface area contributed by atoms with Gasteiger partial charge in [-0.05, 0) is 67.5 Å². The van der Waals surface area contributed by atoms with E-state index >= 15 is 0 Å². The van der Waals surface area contributed by atoms with Crippen molar-refractivity contribution in [2.75, 3.05) is 11.9 Å². The van der Waals surface area contributed by atoms with Crippen LogP contribution in [0.25, 0.3) is 0 Å². The van der Waals surface area contributed by atoms with Gasteiger partial charge in [0.15, 0.2) is 0 Å². The van der Waals surface area contributed by atoms with Gasteiger partial charge in [-0.2, -0.15) is 5.26 Å². The predicted octanol–water partition coefficient (Wildman–Crippen LogP) is 6.47. The maximum Gasteiger partial charge on any atom is 0.311 e. The number of nitriles is 1. The van der Waals surface area contributed by atoms with Gasteiger partial charge in [0.1, 0.15) is 6.07 Å². The van der Waals surface area contributed by atoms with Gasteiger partial charge in [-0.25, -0.2) is 0 Å². The SMILES string of the molecule is CN(c1ccccc1)c1cccc(C(C#N)OC(=O)C2C(C=C(Br)Br)C2(C)C)c1.